The van der Waals surface area contributed by atoms with Gasteiger partial charge >= 0.3 is 18.1 Å². The molecule has 19 heavy (non-hydrogen) atoms. The van der Waals surface area contributed by atoms with Crippen LogP contribution in [0.15, 0.2) is 13.6 Å². The van der Waals surface area contributed by atoms with Crippen molar-refractivity contribution in [2.24, 2.45) is 0 Å². The number of hydrogen-bond donors (Lipinski definition) is 2. The zero-order valence-corrected chi connectivity index (χ0v) is 12.9. The molecule has 0 aromatic carbocycles. The Labute approximate surface area is 126 Å². The lowest BCUT2D eigenvalue weighted by molar-refractivity contribution is -0.175. The van der Waals surface area contributed by atoms with Crippen LogP contribution in [0.3, 0.4) is 0 Å². The number of hydrogen-bond acceptors (Lipinski definition) is 3. The fourth-order valence-electron chi connectivity index (χ4n) is 1.17. The monoisotopic (exact) mass is 423 g/mol. The van der Waals surface area contributed by atoms with Gasteiger partial charge in [-0.2, -0.15) is 13.2 Å². The average Bonchev–Trinajstić information content (AvgIpc) is 2.54. The normalized spacial score (nSPS) is 13.1. The largest absolute Gasteiger partial charge is 0.480 e. The zero-order valence-electron chi connectivity index (χ0n) is 8.92. The van der Waals surface area contributed by atoms with Gasteiger partial charge in [-0.3, -0.25) is 4.79 Å². The van der Waals surface area contributed by atoms with Crippen LogP contribution >= 0.6 is 43.2 Å². The first-order chi connectivity index (χ1) is 8.61. The van der Waals surface area contributed by atoms with Crippen LogP contribution in [0, 0.1) is 0 Å². The molecule has 1 atom stereocenters. The van der Waals surface area contributed by atoms with Crippen LogP contribution in [0.5, 0.6) is 0 Å². The second-order valence-corrected chi connectivity index (χ2v) is 7.16. The standard InChI is InChI=1S/C9H6Br2F3NO3S/c10-5-2-3(6(11)19-5)1-4(7(16)17)15-8(18)9(12,13)14/h2,4H,1H2,(H,15,18)(H,16,17). The molecule has 0 aliphatic carbocycles. The molecule has 106 valence electrons. The van der Waals surface area contributed by atoms with Gasteiger partial charge in [0.05, 0.1) is 7.57 Å². The Morgan fingerprint density at radius 1 is 1.42 bits per heavy atom. The van der Waals surface area contributed by atoms with Crippen molar-refractivity contribution in [2.75, 3.05) is 0 Å². The predicted molar refractivity (Wildman–Crippen MR) is 69.0 cm³/mol. The molecule has 0 radical (unpaired) electrons. The van der Waals surface area contributed by atoms with Crippen LogP contribution in [0.25, 0.3) is 0 Å². The summed E-state index contributed by atoms with van der Waals surface area (Å²) < 4.78 is 37.5. The first kappa shape index (κ1) is 16.4. The number of carboxylic acids is 1. The van der Waals surface area contributed by atoms with E-state index in [0.29, 0.717) is 13.1 Å². The van der Waals surface area contributed by atoms with Crippen LogP contribution in [0.1, 0.15) is 5.56 Å². The Hall–Kier alpha value is -0.610. The van der Waals surface area contributed by atoms with Gasteiger partial charge in [0.15, 0.2) is 0 Å². The SMILES string of the molecule is O=C(O)C(Cc1cc(Br)sc1Br)NC(=O)C(F)(F)F. The highest BCUT2D eigenvalue weighted by molar-refractivity contribution is 9.12. The van der Waals surface area contributed by atoms with E-state index in [1.165, 1.54) is 16.7 Å². The first-order valence-corrected chi connectivity index (χ1v) is 7.05. The van der Waals surface area contributed by atoms with Gasteiger partial charge in [-0.25, -0.2) is 4.79 Å². The van der Waals surface area contributed by atoms with Crippen molar-refractivity contribution in [3.05, 3.63) is 19.2 Å². The summed E-state index contributed by atoms with van der Waals surface area (Å²) in [7, 11) is 0. The van der Waals surface area contributed by atoms with Gasteiger partial charge in [0, 0.05) is 6.42 Å². The molecule has 4 nitrogen and oxygen atoms in total. The van der Waals surface area contributed by atoms with Crippen LogP contribution < -0.4 is 5.32 Å². The van der Waals surface area contributed by atoms with E-state index in [1.54, 1.807) is 6.07 Å². The van der Waals surface area contributed by atoms with Gasteiger partial charge in [0.1, 0.15) is 6.04 Å². The molecule has 0 spiro atoms. The number of thiophene rings is 1. The van der Waals surface area contributed by atoms with Gasteiger partial charge < -0.3 is 10.4 Å². The smallest absolute Gasteiger partial charge is 0.471 e. The number of carbonyl (C=O) groups excluding carboxylic acids is 1. The predicted octanol–water partition coefficient (Wildman–Crippen LogP) is 2.95. The summed E-state index contributed by atoms with van der Waals surface area (Å²) in [5.41, 5.74) is 0.492. The molecule has 0 bridgehead atoms. The molecule has 1 aromatic heterocycles. The van der Waals surface area contributed by atoms with Gasteiger partial charge in [0.25, 0.3) is 0 Å². The molecule has 0 saturated heterocycles. The minimum atomic E-state index is -5.11. The molecule has 0 aliphatic heterocycles. The van der Waals surface area contributed by atoms with Crippen LogP contribution in [-0.2, 0) is 16.0 Å². The highest BCUT2D eigenvalue weighted by atomic mass is 79.9. The van der Waals surface area contributed by atoms with E-state index in [9.17, 15) is 22.8 Å². The van der Waals surface area contributed by atoms with Crippen LogP contribution in [0.4, 0.5) is 13.2 Å². The zero-order chi connectivity index (χ0) is 14.8. The maximum absolute atomic E-state index is 12.1. The molecule has 1 aromatic rings. The van der Waals surface area contributed by atoms with Gasteiger partial charge in [-0.15, -0.1) is 11.3 Å². The molecule has 1 unspecified atom stereocenters. The number of halogens is 5. The summed E-state index contributed by atoms with van der Waals surface area (Å²) in [6, 6.07) is -0.0725. The van der Waals surface area contributed by atoms with Crippen molar-refractivity contribution >= 4 is 55.1 Å². The minimum absolute atomic E-state index is 0.250. The fraction of sp³-hybridized carbons (Fsp3) is 0.333. The number of amides is 1. The highest BCUT2D eigenvalue weighted by Gasteiger charge is 2.40. The van der Waals surface area contributed by atoms with E-state index in [2.05, 4.69) is 31.9 Å². The van der Waals surface area contributed by atoms with E-state index >= 15 is 0 Å². The number of nitrogens with one attached hydrogen (secondary N) is 1. The molecule has 1 rings (SSSR count). The van der Waals surface area contributed by atoms with Crippen molar-refractivity contribution in [3.8, 4) is 0 Å². The summed E-state index contributed by atoms with van der Waals surface area (Å²) in [4.78, 5) is 21.6. The van der Waals surface area contributed by atoms with Gasteiger partial charge in [-0.05, 0) is 43.5 Å². The lowest BCUT2D eigenvalue weighted by Gasteiger charge is -2.15. The maximum atomic E-state index is 12.1. The molecule has 1 amide bonds. The van der Waals surface area contributed by atoms with Crippen molar-refractivity contribution < 1.29 is 27.9 Å². The number of aliphatic carboxylic acids is 1. The van der Waals surface area contributed by atoms with Crippen LogP contribution in [-0.4, -0.2) is 29.2 Å². The molecule has 0 fully saturated rings. The topological polar surface area (TPSA) is 66.4 Å². The minimum Gasteiger partial charge on any atom is -0.480 e. The molecule has 0 aliphatic rings. The highest BCUT2D eigenvalue weighted by Crippen LogP contribution is 2.32. The van der Waals surface area contributed by atoms with E-state index in [-0.39, 0.29) is 6.42 Å². The molecule has 1 heterocycles. The van der Waals surface area contributed by atoms with Crippen molar-refractivity contribution in [3.63, 3.8) is 0 Å². The van der Waals surface area contributed by atoms with E-state index < -0.39 is 24.1 Å². The number of carboxylic acid groups (broad SMARTS) is 1. The number of rotatable bonds is 4. The second-order valence-electron chi connectivity index (χ2n) is 3.42. The van der Waals surface area contributed by atoms with Gasteiger partial charge in [-0.1, -0.05) is 0 Å². The van der Waals surface area contributed by atoms with Crippen molar-refractivity contribution in [1.29, 1.82) is 0 Å². The van der Waals surface area contributed by atoms with E-state index in [1.807, 2.05) is 0 Å². The quantitative estimate of drug-likeness (QED) is 0.780. The molecule has 10 heteroatoms. The Morgan fingerprint density at radius 2 is 2.00 bits per heavy atom. The third-order valence-corrected chi connectivity index (χ3v) is 4.48. The van der Waals surface area contributed by atoms with Crippen LogP contribution in [0.2, 0.25) is 0 Å². The lowest BCUT2D eigenvalue weighted by atomic mass is 10.1. The number of carbonyl (C=O) groups is 2. The molecule has 0 saturated carbocycles. The first-order valence-electron chi connectivity index (χ1n) is 4.65. The third kappa shape index (κ3) is 4.77. The van der Waals surface area contributed by atoms with Crippen molar-refractivity contribution in [2.45, 2.75) is 18.6 Å². The maximum Gasteiger partial charge on any atom is 0.471 e. The molecular formula is C9H6Br2F3NO3S. The third-order valence-electron chi connectivity index (χ3n) is 2.01. The Morgan fingerprint density at radius 3 is 2.37 bits per heavy atom. The Bertz CT molecular complexity index is 503. The summed E-state index contributed by atoms with van der Waals surface area (Å²) in [6.07, 6.45) is -5.36. The van der Waals surface area contributed by atoms with Crippen molar-refractivity contribution in [1.82, 2.24) is 5.32 Å². The fourth-order valence-corrected chi connectivity index (χ4v) is 4.03. The molecular weight excluding hydrogens is 419 g/mol. The Kier molecular flexibility index (Phi) is 5.39. The van der Waals surface area contributed by atoms with E-state index in [0.717, 1.165) is 0 Å². The lowest BCUT2D eigenvalue weighted by Crippen LogP contribution is -2.47. The second kappa shape index (κ2) is 6.23. The summed E-state index contributed by atoms with van der Waals surface area (Å²) in [5, 5.41) is 10.3. The van der Waals surface area contributed by atoms with E-state index in [4.69, 9.17) is 5.11 Å². The van der Waals surface area contributed by atoms with Gasteiger partial charge in [0.2, 0.25) is 0 Å². The summed E-state index contributed by atoms with van der Waals surface area (Å²) >= 11 is 7.58. The average molecular weight is 425 g/mol. The summed E-state index contributed by atoms with van der Waals surface area (Å²) in [6.45, 7) is 0. The summed E-state index contributed by atoms with van der Waals surface area (Å²) in [5.74, 6) is -3.81. The molecule has 2 N–H and O–H groups in total. The number of alkyl halides is 3. The Balaban J connectivity index is 2.83.